The molecule has 0 bridgehead atoms. The van der Waals surface area contributed by atoms with E-state index in [9.17, 15) is 0 Å². The first kappa shape index (κ1) is 26.9. The van der Waals surface area contributed by atoms with E-state index in [0.29, 0.717) is 8.45 Å². The van der Waals surface area contributed by atoms with E-state index in [-0.39, 0.29) is 24.8 Å². The maximum atomic E-state index is 2.47. The minimum Gasteiger partial charge on any atom is -0.147 e. The Morgan fingerprint density at radius 3 is 1.28 bits per heavy atom. The van der Waals surface area contributed by atoms with Crippen LogP contribution in [0.4, 0.5) is 0 Å². The molecule has 0 heterocycles. The minimum atomic E-state index is -1.93. The number of halogens is 2. The van der Waals surface area contributed by atoms with E-state index >= 15 is 0 Å². The van der Waals surface area contributed by atoms with E-state index in [0.717, 1.165) is 0 Å². The summed E-state index contributed by atoms with van der Waals surface area (Å²) in [5, 5.41) is 3.14. The van der Waals surface area contributed by atoms with Gasteiger partial charge in [0.15, 0.2) is 0 Å². The smallest absolute Gasteiger partial charge is 0.147 e. The number of benzene rings is 4. The van der Waals surface area contributed by atoms with Gasteiger partial charge in [0.25, 0.3) is 0 Å². The van der Waals surface area contributed by atoms with E-state index in [1.54, 1.807) is 32.6 Å². The Labute approximate surface area is 233 Å². The van der Waals surface area contributed by atoms with Crippen molar-refractivity contribution in [3.05, 3.63) is 143 Å². The zero-order valence-corrected chi connectivity index (χ0v) is 24.7. The van der Waals surface area contributed by atoms with Crippen molar-refractivity contribution >= 4 is 53.5 Å². The molecule has 0 aromatic heterocycles. The van der Waals surface area contributed by atoms with Crippen LogP contribution < -0.4 is 10.4 Å². The van der Waals surface area contributed by atoms with Crippen LogP contribution in [0, 0.1) is 0 Å². The summed E-state index contributed by atoms with van der Waals surface area (Å²) in [6.07, 6.45) is 3.98. The van der Waals surface area contributed by atoms with Gasteiger partial charge < -0.3 is 0 Å². The molecule has 0 radical (unpaired) electrons. The van der Waals surface area contributed by atoms with Gasteiger partial charge in [-0.3, -0.25) is 0 Å². The van der Waals surface area contributed by atoms with Crippen LogP contribution in [0.5, 0.6) is 0 Å². The van der Waals surface area contributed by atoms with Crippen molar-refractivity contribution in [2.45, 2.75) is 22.3 Å². The van der Waals surface area contributed by atoms with Crippen LogP contribution in [-0.2, 0) is 16.6 Å². The Kier molecular flexibility index (Phi) is 8.60. The van der Waals surface area contributed by atoms with Crippen molar-refractivity contribution in [1.82, 2.24) is 0 Å². The second-order valence-corrected chi connectivity index (χ2v) is 19.3. The van der Waals surface area contributed by atoms with Crippen molar-refractivity contribution in [2.24, 2.45) is 0 Å². The molecular weight excluding hydrogens is 531 g/mol. The molecule has 2 aliphatic carbocycles. The summed E-state index contributed by atoms with van der Waals surface area (Å²) in [6.45, 7) is 4.79. The van der Waals surface area contributed by atoms with Gasteiger partial charge in [0, 0.05) is 0 Å². The molecule has 180 valence electrons. The Morgan fingerprint density at radius 2 is 0.861 bits per heavy atom. The van der Waals surface area contributed by atoms with Gasteiger partial charge in [-0.25, -0.2) is 0 Å². The van der Waals surface area contributed by atoms with E-state index in [4.69, 9.17) is 0 Å². The van der Waals surface area contributed by atoms with E-state index < -0.39 is 22.8 Å². The second kappa shape index (κ2) is 11.5. The minimum absolute atomic E-state index is 0. The molecule has 0 fully saturated rings. The molecule has 0 saturated carbocycles. The van der Waals surface area contributed by atoms with Gasteiger partial charge in [-0.15, -0.1) is 24.8 Å². The van der Waals surface area contributed by atoms with Crippen molar-refractivity contribution < 1.29 is 16.6 Å². The average molecular weight is 561 g/mol. The van der Waals surface area contributed by atoms with Gasteiger partial charge in [-0.05, 0) is 0 Å². The number of hydrogen-bond acceptors (Lipinski definition) is 0. The van der Waals surface area contributed by atoms with E-state index in [1.165, 1.54) is 11.1 Å². The van der Waals surface area contributed by atoms with Gasteiger partial charge in [-0.2, -0.15) is 0 Å². The summed E-state index contributed by atoms with van der Waals surface area (Å²) in [5.41, 5.74) is 9.16. The molecule has 6 rings (SSSR count). The largest absolute Gasteiger partial charge is 0.147 e. The van der Waals surface area contributed by atoms with Crippen LogP contribution in [0.2, 0.25) is 0 Å². The summed E-state index contributed by atoms with van der Waals surface area (Å²) in [7, 11) is 0. The summed E-state index contributed by atoms with van der Waals surface area (Å²) >= 11 is -1.93. The van der Waals surface area contributed by atoms with Crippen LogP contribution in [0.3, 0.4) is 0 Å². The molecule has 0 spiro atoms. The molecule has 2 unspecified atom stereocenters. The number of rotatable bonds is 4. The predicted molar refractivity (Wildman–Crippen MR) is 158 cm³/mol. The topological polar surface area (TPSA) is 0 Å². The first-order valence-corrected chi connectivity index (χ1v) is 17.8. The fraction of sp³-hybridized carbons (Fsp3) is 0.125. The van der Waals surface area contributed by atoms with Crippen molar-refractivity contribution in [3.8, 4) is 0 Å². The number of allylic oxidation sites excluding steroid dienone is 2. The summed E-state index contributed by atoms with van der Waals surface area (Å²) in [5.74, 6) is 0. The summed E-state index contributed by atoms with van der Waals surface area (Å²) in [4.78, 5) is 0. The Morgan fingerprint density at radius 1 is 0.500 bits per heavy atom. The average Bonchev–Trinajstić information content (AvgIpc) is 3.39. The molecule has 4 aromatic rings. The Bertz CT molecular complexity index is 1360. The Balaban J connectivity index is 0.00000152. The number of hydrogen-bond donors (Lipinski definition) is 0. The van der Waals surface area contributed by atoms with Crippen molar-refractivity contribution in [1.29, 1.82) is 0 Å². The first-order chi connectivity index (χ1) is 16.7. The molecular formula is C32H30Cl2SiTi. The molecule has 2 atom stereocenters. The van der Waals surface area contributed by atoms with Gasteiger partial charge in [0.05, 0.1) is 0 Å². The van der Waals surface area contributed by atoms with Crippen LogP contribution in [-0.4, -0.2) is 6.19 Å². The van der Waals surface area contributed by atoms with Crippen molar-refractivity contribution in [3.63, 3.8) is 0 Å². The van der Waals surface area contributed by atoms with Crippen LogP contribution in [0.1, 0.15) is 44.5 Å². The third-order valence-corrected chi connectivity index (χ3v) is 21.9. The molecule has 4 heteroatoms. The normalized spacial score (nSPS) is 17.1. The van der Waals surface area contributed by atoms with Gasteiger partial charge >= 0.3 is 210 Å². The maximum Gasteiger partial charge on any atom is -0.147 e. The SMILES string of the molecule is CC1=Cc2ccccc2[CH]1[Ti]([CH]1C(C)=Cc2ccccc21)=[Si](c1ccccc1)c1ccccc1.Cl.Cl. The molecule has 4 aromatic carbocycles. The zero-order valence-electron chi connectivity index (χ0n) is 20.5. The fourth-order valence-electron chi connectivity index (χ4n) is 5.95. The second-order valence-electron chi connectivity index (χ2n) is 9.46. The van der Waals surface area contributed by atoms with Crippen LogP contribution in [0.25, 0.3) is 12.2 Å². The third-order valence-electron chi connectivity index (χ3n) is 7.33. The fourth-order valence-corrected chi connectivity index (χ4v) is 23.3. The monoisotopic (exact) mass is 560 g/mol. The molecule has 0 amide bonds. The van der Waals surface area contributed by atoms with Crippen LogP contribution >= 0.6 is 24.8 Å². The molecule has 0 aliphatic heterocycles. The summed E-state index contributed by atoms with van der Waals surface area (Å²) < 4.78 is 1.15. The molecule has 0 N–H and O–H groups in total. The zero-order chi connectivity index (χ0) is 23.1. The van der Waals surface area contributed by atoms with Gasteiger partial charge in [-0.1, -0.05) is 0 Å². The standard InChI is InChI=1S/C12H10Si.2C10H9.2ClH.Ti/c1-3-7-11(8-4-1)13-12-9-5-2-6-10-12;2*1-8-6-9-4-2-3-5-10(9)7-8;;;/h1-10H;2*2-7H,1H3;2*1H;. The molecule has 36 heavy (non-hydrogen) atoms. The van der Waals surface area contributed by atoms with E-state index in [1.807, 2.05) is 0 Å². The quantitative estimate of drug-likeness (QED) is 0.226. The van der Waals surface area contributed by atoms with Gasteiger partial charge in [0.1, 0.15) is 0 Å². The predicted octanol–water partition coefficient (Wildman–Crippen LogP) is 7.57. The molecule has 2 aliphatic rings. The molecule has 0 nitrogen and oxygen atoms in total. The third kappa shape index (κ3) is 4.76. The van der Waals surface area contributed by atoms with Gasteiger partial charge in [0.2, 0.25) is 0 Å². The summed E-state index contributed by atoms with van der Waals surface area (Å²) in [6, 6.07) is 41.3. The first-order valence-electron chi connectivity index (χ1n) is 12.1. The molecule has 0 saturated heterocycles. The Hall–Kier alpha value is -2.13. The van der Waals surface area contributed by atoms with Crippen LogP contribution in [0.15, 0.2) is 120 Å². The van der Waals surface area contributed by atoms with E-state index in [2.05, 4.69) is 135 Å². The maximum absolute atomic E-state index is 2.47. The number of fused-ring (bicyclic) bond motifs is 2. The van der Waals surface area contributed by atoms with Crippen molar-refractivity contribution in [2.75, 3.05) is 0 Å².